The molecule has 0 bridgehead atoms. The van der Waals surface area contributed by atoms with E-state index in [1.165, 1.54) is 18.5 Å². The number of benzene rings is 1. The van der Waals surface area contributed by atoms with Crippen molar-refractivity contribution in [3.63, 3.8) is 0 Å². The van der Waals surface area contributed by atoms with Crippen LogP contribution in [0.15, 0.2) is 24.5 Å². The number of fused-ring (bicyclic) bond motifs is 1. The SMILES string of the molecule is CC[C@@H]1c2cc(F)c(F)cc2CCN1c1cc(C#N)ncn1. The second kappa shape index (κ2) is 5.68. The van der Waals surface area contributed by atoms with E-state index in [1.54, 1.807) is 6.07 Å². The minimum absolute atomic E-state index is 0.0970. The van der Waals surface area contributed by atoms with Gasteiger partial charge in [-0.15, -0.1) is 0 Å². The number of halogens is 2. The summed E-state index contributed by atoms with van der Waals surface area (Å²) in [5.41, 5.74) is 1.90. The second-order valence-electron chi connectivity index (χ2n) is 5.21. The molecule has 1 atom stereocenters. The lowest BCUT2D eigenvalue weighted by atomic mass is 9.90. The van der Waals surface area contributed by atoms with E-state index in [0.717, 1.165) is 17.5 Å². The van der Waals surface area contributed by atoms with E-state index in [4.69, 9.17) is 5.26 Å². The maximum absolute atomic E-state index is 13.6. The Balaban J connectivity index is 2.04. The first kappa shape index (κ1) is 14.4. The first-order valence-corrected chi connectivity index (χ1v) is 7.10. The van der Waals surface area contributed by atoms with E-state index in [1.807, 2.05) is 17.9 Å². The summed E-state index contributed by atoms with van der Waals surface area (Å²) >= 11 is 0. The fraction of sp³-hybridized carbons (Fsp3) is 0.312. The molecular formula is C16H14F2N4. The zero-order valence-electron chi connectivity index (χ0n) is 12.1. The molecule has 0 aliphatic carbocycles. The summed E-state index contributed by atoms with van der Waals surface area (Å²) in [6.07, 6.45) is 2.68. The van der Waals surface area contributed by atoms with Crippen molar-refractivity contribution in [2.45, 2.75) is 25.8 Å². The van der Waals surface area contributed by atoms with Crippen LogP contribution >= 0.6 is 0 Å². The third-order valence-corrected chi connectivity index (χ3v) is 3.99. The molecule has 1 aromatic carbocycles. The molecule has 1 aliphatic rings. The fourth-order valence-electron chi connectivity index (χ4n) is 2.97. The zero-order chi connectivity index (χ0) is 15.7. The van der Waals surface area contributed by atoms with E-state index in [2.05, 4.69) is 9.97 Å². The Hall–Kier alpha value is -2.55. The van der Waals surface area contributed by atoms with E-state index in [0.29, 0.717) is 18.8 Å². The normalized spacial score (nSPS) is 17.0. The van der Waals surface area contributed by atoms with E-state index < -0.39 is 11.6 Å². The number of hydrogen-bond acceptors (Lipinski definition) is 4. The molecule has 0 fully saturated rings. The summed E-state index contributed by atoms with van der Waals surface area (Å²) in [6, 6.07) is 6.07. The molecule has 6 heteroatoms. The van der Waals surface area contributed by atoms with Gasteiger partial charge < -0.3 is 4.90 Å². The highest BCUT2D eigenvalue weighted by Crippen LogP contribution is 2.35. The van der Waals surface area contributed by atoms with Crippen LogP contribution in [0.3, 0.4) is 0 Å². The Morgan fingerprint density at radius 1 is 1.27 bits per heavy atom. The van der Waals surface area contributed by atoms with Crippen LogP contribution in [0.2, 0.25) is 0 Å². The highest BCUT2D eigenvalue weighted by atomic mass is 19.2. The van der Waals surface area contributed by atoms with Gasteiger partial charge in [0, 0.05) is 12.6 Å². The molecule has 2 heterocycles. The molecular weight excluding hydrogens is 286 g/mol. The molecule has 0 radical (unpaired) electrons. The number of rotatable bonds is 2. The fourth-order valence-corrected chi connectivity index (χ4v) is 2.97. The van der Waals surface area contributed by atoms with Crippen molar-refractivity contribution in [2.24, 2.45) is 0 Å². The van der Waals surface area contributed by atoms with Crippen LogP contribution in [0, 0.1) is 23.0 Å². The van der Waals surface area contributed by atoms with E-state index in [9.17, 15) is 8.78 Å². The Bertz CT molecular complexity index is 754. The van der Waals surface area contributed by atoms with Gasteiger partial charge in [0.05, 0.1) is 6.04 Å². The third kappa shape index (κ3) is 2.39. The molecule has 3 rings (SSSR count). The Kier molecular flexibility index (Phi) is 3.72. The molecule has 0 N–H and O–H groups in total. The highest BCUT2D eigenvalue weighted by molar-refractivity contribution is 5.49. The van der Waals surface area contributed by atoms with E-state index >= 15 is 0 Å². The average Bonchev–Trinajstić information content (AvgIpc) is 2.55. The van der Waals surface area contributed by atoms with Gasteiger partial charge in [-0.25, -0.2) is 18.7 Å². The Labute approximate surface area is 127 Å². The maximum Gasteiger partial charge on any atom is 0.159 e. The van der Waals surface area contributed by atoms with Crippen molar-refractivity contribution >= 4 is 5.82 Å². The van der Waals surface area contributed by atoms with Gasteiger partial charge in [0.2, 0.25) is 0 Å². The van der Waals surface area contributed by atoms with Gasteiger partial charge in [0.25, 0.3) is 0 Å². The standard InChI is InChI=1S/C16H14F2N4/c1-2-15-12-7-14(18)13(17)5-10(12)3-4-22(15)16-6-11(8-19)20-9-21-16/h5-7,9,15H,2-4H2,1H3/t15-/m1/s1. The van der Waals surface area contributed by atoms with Gasteiger partial charge in [-0.05, 0) is 36.1 Å². The molecule has 1 aliphatic heterocycles. The summed E-state index contributed by atoms with van der Waals surface area (Å²) < 4.78 is 27.0. The number of aromatic nitrogens is 2. The molecule has 0 amide bonds. The number of nitriles is 1. The van der Waals surface area contributed by atoms with Crippen molar-refractivity contribution in [3.05, 3.63) is 53.0 Å². The molecule has 22 heavy (non-hydrogen) atoms. The first-order valence-electron chi connectivity index (χ1n) is 7.10. The van der Waals surface area contributed by atoms with Crippen LogP contribution in [0.4, 0.5) is 14.6 Å². The topological polar surface area (TPSA) is 52.8 Å². The number of anilines is 1. The van der Waals surface area contributed by atoms with Crippen molar-refractivity contribution in [2.75, 3.05) is 11.4 Å². The zero-order valence-corrected chi connectivity index (χ0v) is 12.1. The Morgan fingerprint density at radius 2 is 2.05 bits per heavy atom. The number of nitrogens with zero attached hydrogens (tertiary/aromatic N) is 4. The lowest BCUT2D eigenvalue weighted by Crippen LogP contribution is -2.36. The van der Waals surface area contributed by atoms with Crippen LogP contribution in [-0.4, -0.2) is 16.5 Å². The molecule has 112 valence electrons. The van der Waals surface area contributed by atoms with Crippen LogP contribution in [-0.2, 0) is 6.42 Å². The summed E-state index contributed by atoms with van der Waals surface area (Å²) in [5, 5.41) is 8.96. The summed E-state index contributed by atoms with van der Waals surface area (Å²) in [4.78, 5) is 10.1. The lowest BCUT2D eigenvalue weighted by Gasteiger charge is -2.37. The average molecular weight is 300 g/mol. The molecule has 1 aromatic heterocycles. The van der Waals surface area contributed by atoms with Crippen LogP contribution in [0.1, 0.15) is 36.2 Å². The quantitative estimate of drug-likeness (QED) is 0.855. The highest BCUT2D eigenvalue weighted by Gasteiger charge is 2.28. The maximum atomic E-state index is 13.6. The summed E-state index contributed by atoms with van der Waals surface area (Å²) in [6.45, 7) is 2.62. The molecule has 0 unspecified atom stereocenters. The smallest absolute Gasteiger partial charge is 0.159 e. The van der Waals surface area contributed by atoms with Gasteiger partial charge in [-0.1, -0.05) is 6.92 Å². The Morgan fingerprint density at radius 3 is 2.77 bits per heavy atom. The van der Waals surface area contributed by atoms with Crippen molar-refractivity contribution in [1.82, 2.24) is 9.97 Å². The molecule has 0 saturated heterocycles. The summed E-state index contributed by atoms with van der Waals surface area (Å²) in [7, 11) is 0. The lowest BCUT2D eigenvalue weighted by molar-refractivity contribution is 0.492. The third-order valence-electron chi connectivity index (χ3n) is 3.99. The second-order valence-corrected chi connectivity index (χ2v) is 5.21. The molecule has 4 nitrogen and oxygen atoms in total. The first-order chi connectivity index (χ1) is 10.6. The van der Waals surface area contributed by atoms with Crippen molar-refractivity contribution < 1.29 is 8.78 Å². The molecule has 0 spiro atoms. The van der Waals surface area contributed by atoms with Crippen molar-refractivity contribution in [3.8, 4) is 6.07 Å². The van der Waals surface area contributed by atoms with Gasteiger partial charge in [-0.2, -0.15) is 5.26 Å². The minimum Gasteiger partial charge on any atom is -0.349 e. The predicted molar refractivity (Wildman–Crippen MR) is 77.2 cm³/mol. The molecule has 2 aromatic rings. The monoisotopic (exact) mass is 300 g/mol. The predicted octanol–water partition coefficient (Wildman–Crippen LogP) is 3.14. The summed E-state index contributed by atoms with van der Waals surface area (Å²) in [5.74, 6) is -1.01. The van der Waals surface area contributed by atoms with Gasteiger partial charge in [0.15, 0.2) is 11.6 Å². The van der Waals surface area contributed by atoms with Crippen LogP contribution in [0.5, 0.6) is 0 Å². The van der Waals surface area contributed by atoms with Crippen LogP contribution < -0.4 is 4.90 Å². The number of hydrogen-bond donors (Lipinski definition) is 0. The largest absolute Gasteiger partial charge is 0.349 e. The van der Waals surface area contributed by atoms with Gasteiger partial charge in [0.1, 0.15) is 23.9 Å². The van der Waals surface area contributed by atoms with Crippen molar-refractivity contribution in [1.29, 1.82) is 5.26 Å². The minimum atomic E-state index is -0.834. The molecule has 0 saturated carbocycles. The van der Waals surface area contributed by atoms with E-state index in [-0.39, 0.29) is 11.7 Å². The van der Waals surface area contributed by atoms with Gasteiger partial charge >= 0.3 is 0 Å². The van der Waals surface area contributed by atoms with Crippen LogP contribution in [0.25, 0.3) is 0 Å². The van der Waals surface area contributed by atoms with Gasteiger partial charge in [-0.3, -0.25) is 0 Å².